The van der Waals surface area contributed by atoms with E-state index in [1.165, 1.54) is 18.2 Å². The molecule has 0 aliphatic carbocycles. The van der Waals surface area contributed by atoms with Crippen LogP contribution in [0.1, 0.15) is 15.2 Å². The Bertz CT molecular complexity index is 1070. The number of nitro groups is 2. The largest absolute Gasteiger partial charge is 0.364 e. The standard InChI is InChI=1S/C17H15N7O5S/c25-17(11-3-1-4-12(9-11)23(26)27)22-21-16-14(24(28)29)15(19-10-20-16)18-7-6-13-5-2-8-30-13/h1-5,8-10H,6-7H2,(H,22,25)(H2,18,19,20,21). The number of carbonyl (C=O) groups excluding carboxylic acids is 1. The number of rotatable bonds is 9. The van der Waals surface area contributed by atoms with Crippen LogP contribution in [0, 0.1) is 20.2 Å². The van der Waals surface area contributed by atoms with Crippen molar-refractivity contribution in [2.45, 2.75) is 6.42 Å². The molecule has 0 spiro atoms. The molecule has 0 bridgehead atoms. The highest BCUT2D eigenvalue weighted by Crippen LogP contribution is 2.28. The molecule has 0 saturated carbocycles. The zero-order valence-corrected chi connectivity index (χ0v) is 16.1. The Balaban J connectivity index is 1.70. The smallest absolute Gasteiger partial charge is 0.354 e. The first-order valence-corrected chi connectivity index (χ1v) is 9.40. The highest BCUT2D eigenvalue weighted by molar-refractivity contribution is 7.09. The van der Waals surface area contributed by atoms with Gasteiger partial charge in [0.05, 0.1) is 9.85 Å². The van der Waals surface area contributed by atoms with Crippen molar-refractivity contribution >= 4 is 40.3 Å². The van der Waals surface area contributed by atoms with Gasteiger partial charge in [-0.3, -0.25) is 35.9 Å². The SMILES string of the molecule is O=C(NNc1ncnc(NCCc2cccs2)c1[N+](=O)[O-])c1cccc([N+](=O)[O-])c1. The van der Waals surface area contributed by atoms with Gasteiger partial charge in [0.1, 0.15) is 6.33 Å². The number of non-ortho nitro benzene ring substituents is 1. The second-order valence-corrected chi connectivity index (χ2v) is 6.85. The molecule has 0 aliphatic heterocycles. The molecular formula is C17H15N7O5S. The minimum absolute atomic E-state index is 0.00125. The molecule has 0 atom stereocenters. The van der Waals surface area contributed by atoms with Crippen molar-refractivity contribution in [1.29, 1.82) is 0 Å². The molecule has 2 aromatic heterocycles. The number of hydrogen-bond donors (Lipinski definition) is 3. The van der Waals surface area contributed by atoms with E-state index in [1.54, 1.807) is 11.3 Å². The molecule has 0 unspecified atom stereocenters. The Labute approximate surface area is 173 Å². The lowest BCUT2D eigenvalue weighted by atomic mass is 10.2. The topological polar surface area (TPSA) is 165 Å². The molecule has 0 fully saturated rings. The summed E-state index contributed by atoms with van der Waals surface area (Å²) in [6.07, 6.45) is 1.77. The molecule has 0 radical (unpaired) electrons. The summed E-state index contributed by atoms with van der Waals surface area (Å²) in [5, 5.41) is 27.2. The lowest BCUT2D eigenvalue weighted by Crippen LogP contribution is -2.30. The van der Waals surface area contributed by atoms with Gasteiger partial charge < -0.3 is 5.32 Å². The van der Waals surface area contributed by atoms with Crippen molar-refractivity contribution < 1.29 is 14.6 Å². The molecule has 3 N–H and O–H groups in total. The van der Waals surface area contributed by atoms with Gasteiger partial charge in [-0.15, -0.1) is 11.3 Å². The van der Waals surface area contributed by atoms with Crippen molar-refractivity contribution in [3.05, 3.63) is 78.8 Å². The summed E-state index contributed by atoms with van der Waals surface area (Å²) in [5.74, 6) is -0.954. The van der Waals surface area contributed by atoms with Gasteiger partial charge in [0.15, 0.2) is 0 Å². The van der Waals surface area contributed by atoms with Crippen LogP contribution in [0.25, 0.3) is 0 Å². The van der Waals surface area contributed by atoms with Crippen LogP contribution < -0.4 is 16.2 Å². The third-order valence-corrected chi connectivity index (χ3v) is 4.80. The van der Waals surface area contributed by atoms with Crippen LogP contribution in [0.2, 0.25) is 0 Å². The Morgan fingerprint density at radius 3 is 2.57 bits per heavy atom. The first kappa shape index (κ1) is 20.6. The fourth-order valence-corrected chi connectivity index (χ4v) is 3.19. The van der Waals surface area contributed by atoms with E-state index in [2.05, 4.69) is 26.1 Å². The molecule has 0 aliphatic rings. The lowest BCUT2D eigenvalue weighted by Gasteiger charge is -2.10. The maximum absolute atomic E-state index is 12.2. The van der Waals surface area contributed by atoms with Gasteiger partial charge >= 0.3 is 5.69 Å². The monoisotopic (exact) mass is 429 g/mol. The molecule has 12 nitrogen and oxygen atoms in total. The quantitative estimate of drug-likeness (QED) is 0.342. The Hall–Kier alpha value is -4.13. The summed E-state index contributed by atoms with van der Waals surface area (Å²) in [5.41, 5.74) is 3.94. The molecule has 2 heterocycles. The maximum Gasteiger partial charge on any atom is 0.354 e. The summed E-state index contributed by atoms with van der Waals surface area (Å²) in [7, 11) is 0. The number of amides is 1. The second-order valence-electron chi connectivity index (χ2n) is 5.82. The van der Waals surface area contributed by atoms with Crippen molar-refractivity contribution in [2.24, 2.45) is 0 Å². The molecule has 30 heavy (non-hydrogen) atoms. The number of hydrazine groups is 1. The van der Waals surface area contributed by atoms with Crippen molar-refractivity contribution in [3.63, 3.8) is 0 Å². The van der Waals surface area contributed by atoms with Crippen molar-refractivity contribution in [3.8, 4) is 0 Å². The molecular weight excluding hydrogens is 414 g/mol. The fourth-order valence-electron chi connectivity index (χ4n) is 2.48. The van der Waals surface area contributed by atoms with Crippen LogP contribution in [0.5, 0.6) is 0 Å². The number of nitro benzene ring substituents is 1. The second kappa shape index (κ2) is 9.38. The average Bonchev–Trinajstić information content (AvgIpc) is 3.25. The minimum Gasteiger partial charge on any atom is -0.364 e. The van der Waals surface area contributed by atoms with E-state index in [-0.39, 0.29) is 22.9 Å². The summed E-state index contributed by atoms with van der Waals surface area (Å²) in [6.45, 7) is 0.415. The highest BCUT2D eigenvalue weighted by atomic mass is 32.1. The summed E-state index contributed by atoms with van der Waals surface area (Å²) in [6, 6.07) is 8.93. The summed E-state index contributed by atoms with van der Waals surface area (Å²) >= 11 is 1.58. The fraction of sp³-hybridized carbons (Fsp3) is 0.118. The molecule has 1 aromatic carbocycles. The highest BCUT2D eigenvalue weighted by Gasteiger charge is 2.23. The zero-order valence-electron chi connectivity index (χ0n) is 15.3. The predicted octanol–water partition coefficient (Wildman–Crippen LogP) is 2.77. The third-order valence-electron chi connectivity index (χ3n) is 3.86. The van der Waals surface area contributed by atoms with Crippen molar-refractivity contribution in [2.75, 3.05) is 17.3 Å². The van der Waals surface area contributed by atoms with Gasteiger partial charge in [-0.25, -0.2) is 9.97 Å². The van der Waals surface area contributed by atoms with Crippen LogP contribution in [-0.4, -0.2) is 32.3 Å². The average molecular weight is 429 g/mol. The van der Waals surface area contributed by atoms with Crippen LogP contribution >= 0.6 is 11.3 Å². The molecule has 154 valence electrons. The van der Waals surface area contributed by atoms with E-state index >= 15 is 0 Å². The van der Waals surface area contributed by atoms with E-state index in [1.807, 2.05) is 17.5 Å². The number of nitrogens with one attached hydrogen (secondary N) is 3. The van der Waals surface area contributed by atoms with Crippen LogP contribution in [-0.2, 0) is 6.42 Å². The number of aromatic nitrogens is 2. The van der Waals surface area contributed by atoms with E-state index in [0.717, 1.165) is 17.3 Å². The van der Waals surface area contributed by atoms with Gasteiger partial charge in [0.25, 0.3) is 11.6 Å². The summed E-state index contributed by atoms with van der Waals surface area (Å²) < 4.78 is 0. The number of carbonyl (C=O) groups is 1. The predicted molar refractivity (Wildman–Crippen MR) is 109 cm³/mol. The summed E-state index contributed by atoms with van der Waals surface area (Å²) in [4.78, 5) is 42.1. The molecule has 0 saturated heterocycles. The maximum atomic E-state index is 12.2. The molecule has 3 aromatic rings. The number of hydrogen-bond acceptors (Lipinski definition) is 10. The van der Waals surface area contributed by atoms with Crippen LogP contribution in [0.4, 0.5) is 23.0 Å². The van der Waals surface area contributed by atoms with Gasteiger partial charge in [-0.1, -0.05) is 12.1 Å². The number of nitrogens with zero attached hydrogens (tertiary/aromatic N) is 4. The number of benzene rings is 1. The Morgan fingerprint density at radius 1 is 1.07 bits per heavy atom. The Morgan fingerprint density at radius 2 is 1.87 bits per heavy atom. The van der Waals surface area contributed by atoms with E-state index in [9.17, 15) is 25.0 Å². The van der Waals surface area contributed by atoms with Crippen LogP contribution in [0.15, 0.2) is 48.1 Å². The number of thiophene rings is 1. The van der Waals surface area contributed by atoms with Gasteiger partial charge in [0.2, 0.25) is 11.6 Å². The van der Waals surface area contributed by atoms with Crippen molar-refractivity contribution in [1.82, 2.24) is 15.4 Å². The third kappa shape index (κ3) is 5.02. The minimum atomic E-state index is -0.723. The van der Waals surface area contributed by atoms with E-state index in [4.69, 9.17) is 0 Å². The first-order chi connectivity index (χ1) is 14.5. The van der Waals surface area contributed by atoms with Gasteiger partial charge in [-0.05, 0) is 23.9 Å². The molecule has 1 amide bonds. The lowest BCUT2D eigenvalue weighted by molar-refractivity contribution is -0.384. The molecule has 13 heteroatoms. The van der Waals surface area contributed by atoms with E-state index < -0.39 is 21.4 Å². The first-order valence-electron chi connectivity index (χ1n) is 8.52. The van der Waals surface area contributed by atoms with E-state index in [0.29, 0.717) is 13.0 Å². The van der Waals surface area contributed by atoms with Gasteiger partial charge in [0, 0.05) is 29.1 Å². The Kier molecular flexibility index (Phi) is 6.44. The normalized spacial score (nSPS) is 10.3. The van der Waals surface area contributed by atoms with Crippen LogP contribution in [0.3, 0.4) is 0 Å². The van der Waals surface area contributed by atoms with Gasteiger partial charge in [-0.2, -0.15) is 0 Å². The molecule has 3 rings (SSSR count). The zero-order chi connectivity index (χ0) is 21.5. The number of anilines is 2.